The molecule has 170 valence electrons. The molecular weight excluding hydrogens is 425 g/mol. The molecule has 5 aliphatic rings. The molecule has 2 N–H and O–H groups in total. The lowest BCUT2D eigenvalue weighted by Gasteiger charge is -2.44. The van der Waals surface area contributed by atoms with Gasteiger partial charge in [-0.15, -0.1) is 0 Å². The number of carbonyl (C=O) groups is 2. The van der Waals surface area contributed by atoms with Gasteiger partial charge in [-0.3, -0.25) is 9.59 Å². The SMILES string of the molecule is O=C(O)C1CC2=C(OC3=C4C(C=CCN24)CC(N2CCNC(c4ccccc4)C2)=C3F)C1=O. The standard InChI is InChI=1S/C25H24FN3O4/c26-20-18(28-10-8-27-17(13-28)14-5-2-1-3-6-14)11-15-7-4-9-29-19-12-16(25(31)32)22(30)23(19)33-24(20)21(15)29/h1-7,15-17,27H,8-13H2,(H,31,32). The van der Waals surface area contributed by atoms with E-state index in [0.29, 0.717) is 43.1 Å². The molecule has 0 bridgehead atoms. The Morgan fingerprint density at radius 2 is 1.97 bits per heavy atom. The fraction of sp³-hybridized carbons (Fsp3) is 0.360. The van der Waals surface area contributed by atoms with Crippen LogP contribution in [0.25, 0.3) is 0 Å². The third-order valence-corrected chi connectivity index (χ3v) is 7.18. The van der Waals surface area contributed by atoms with Gasteiger partial charge in [0.25, 0.3) is 0 Å². The molecule has 1 fully saturated rings. The maximum absolute atomic E-state index is 16.0. The molecule has 0 spiro atoms. The molecule has 7 nitrogen and oxygen atoms in total. The molecule has 0 saturated carbocycles. The number of carboxylic acids is 1. The molecule has 1 aromatic carbocycles. The largest absolute Gasteiger partial charge is 0.481 e. The Morgan fingerprint density at radius 3 is 2.76 bits per heavy atom. The molecule has 3 aliphatic heterocycles. The summed E-state index contributed by atoms with van der Waals surface area (Å²) in [6.45, 7) is 2.50. The van der Waals surface area contributed by atoms with E-state index in [1.165, 1.54) is 0 Å². The van der Waals surface area contributed by atoms with Crippen LogP contribution in [0.15, 0.2) is 76.9 Å². The molecule has 2 aliphatic carbocycles. The maximum Gasteiger partial charge on any atom is 0.314 e. The lowest BCUT2D eigenvalue weighted by molar-refractivity contribution is -0.145. The minimum atomic E-state index is -1.18. The van der Waals surface area contributed by atoms with E-state index >= 15 is 4.39 Å². The van der Waals surface area contributed by atoms with E-state index < -0.39 is 23.5 Å². The Hall–Kier alpha value is -3.39. The summed E-state index contributed by atoms with van der Waals surface area (Å²) < 4.78 is 21.9. The first kappa shape index (κ1) is 20.2. The molecule has 3 heterocycles. The van der Waals surface area contributed by atoms with Gasteiger partial charge in [-0.2, -0.15) is 0 Å². The predicted molar refractivity (Wildman–Crippen MR) is 117 cm³/mol. The number of hydrogen-bond donors (Lipinski definition) is 2. The number of allylic oxidation sites excluding steroid dienone is 5. The van der Waals surface area contributed by atoms with E-state index in [-0.39, 0.29) is 29.9 Å². The van der Waals surface area contributed by atoms with Crippen molar-refractivity contribution in [1.29, 1.82) is 0 Å². The molecule has 0 radical (unpaired) electrons. The van der Waals surface area contributed by atoms with Gasteiger partial charge in [0.2, 0.25) is 5.78 Å². The first-order valence-corrected chi connectivity index (χ1v) is 11.3. The molecule has 3 atom stereocenters. The van der Waals surface area contributed by atoms with Crippen molar-refractivity contribution in [2.45, 2.75) is 18.9 Å². The van der Waals surface area contributed by atoms with Crippen LogP contribution >= 0.6 is 0 Å². The summed E-state index contributed by atoms with van der Waals surface area (Å²) in [6, 6.07) is 10.2. The molecule has 8 heteroatoms. The normalized spacial score (nSPS) is 28.8. The van der Waals surface area contributed by atoms with Crippen LogP contribution in [-0.4, -0.2) is 52.8 Å². The molecule has 0 aromatic heterocycles. The smallest absolute Gasteiger partial charge is 0.314 e. The van der Waals surface area contributed by atoms with Gasteiger partial charge in [-0.1, -0.05) is 42.5 Å². The zero-order valence-electron chi connectivity index (χ0n) is 18.0. The van der Waals surface area contributed by atoms with Crippen molar-refractivity contribution in [2.75, 3.05) is 26.2 Å². The number of nitrogens with one attached hydrogen (secondary N) is 1. The average Bonchev–Trinajstić information content (AvgIpc) is 3.19. The Bertz CT molecular complexity index is 1170. The van der Waals surface area contributed by atoms with E-state index in [4.69, 9.17) is 4.74 Å². The third kappa shape index (κ3) is 3.12. The second-order valence-electron chi connectivity index (χ2n) is 9.02. The summed E-state index contributed by atoms with van der Waals surface area (Å²) in [7, 11) is 0. The van der Waals surface area contributed by atoms with E-state index in [1.54, 1.807) is 0 Å². The molecule has 3 unspecified atom stereocenters. The van der Waals surface area contributed by atoms with Crippen LogP contribution in [0.4, 0.5) is 4.39 Å². The molecule has 33 heavy (non-hydrogen) atoms. The molecule has 6 rings (SSSR count). The highest BCUT2D eigenvalue weighted by Crippen LogP contribution is 2.49. The third-order valence-electron chi connectivity index (χ3n) is 7.18. The number of benzene rings is 1. The first-order chi connectivity index (χ1) is 16.0. The van der Waals surface area contributed by atoms with Gasteiger partial charge in [0.15, 0.2) is 17.3 Å². The number of carboxylic acid groups (broad SMARTS) is 1. The Labute approximate surface area is 190 Å². The van der Waals surface area contributed by atoms with Crippen molar-refractivity contribution >= 4 is 11.8 Å². The number of piperazine rings is 1. The van der Waals surface area contributed by atoms with Crippen LogP contribution in [-0.2, 0) is 14.3 Å². The number of hydrogen-bond acceptors (Lipinski definition) is 6. The quantitative estimate of drug-likeness (QED) is 0.543. The molecular formula is C25H24FN3O4. The van der Waals surface area contributed by atoms with Crippen LogP contribution in [0.1, 0.15) is 24.4 Å². The van der Waals surface area contributed by atoms with Gasteiger partial charge in [0.1, 0.15) is 5.92 Å². The fourth-order valence-electron chi connectivity index (χ4n) is 5.56. The Morgan fingerprint density at radius 1 is 1.15 bits per heavy atom. The van der Waals surface area contributed by atoms with Crippen LogP contribution in [0.5, 0.6) is 0 Å². The van der Waals surface area contributed by atoms with Crippen molar-refractivity contribution in [3.05, 3.63) is 82.5 Å². The van der Waals surface area contributed by atoms with Crippen molar-refractivity contribution in [3.63, 3.8) is 0 Å². The van der Waals surface area contributed by atoms with Gasteiger partial charge < -0.3 is 25.0 Å². The van der Waals surface area contributed by atoms with Crippen LogP contribution < -0.4 is 5.32 Å². The number of ketones is 1. The number of aliphatic carboxylic acids is 1. The zero-order valence-corrected chi connectivity index (χ0v) is 18.0. The van der Waals surface area contributed by atoms with E-state index in [2.05, 4.69) is 28.4 Å². The first-order valence-electron chi connectivity index (χ1n) is 11.3. The van der Waals surface area contributed by atoms with Gasteiger partial charge in [0, 0.05) is 51.0 Å². The number of Topliss-reactive ketones (excluding diaryl/α,β-unsaturated/α-hetero) is 1. The van der Waals surface area contributed by atoms with Gasteiger partial charge in [0.05, 0.1) is 17.1 Å². The highest BCUT2D eigenvalue weighted by Gasteiger charge is 2.49. The second kappa shape index (κ2) is 7.59. The monoisotopic (exact) mass is 449 g/mol. The van der Waals surface area contributed by atoms with Gasteiger partial charge >= 0.3 is 5.97 Å². The van der Waals surface area contributed by atoms with Crippen molar-refractivity contribution in [3.8, 4) is 0 Å². The van der Waals surface area contributed by atoms with E-state index in [9.17, 15) is 14.7 Å². The molecule has 1 aromatic rings. The summed E-state index contributed by atoms with van der Waals surface area (Å²) in [4.78, 5) is 28.2. The van der Waals surface area contributed by atoms with Gasteiger partial charge in [-0.25, -0.2) is 4.39 Å². The summed E-state index contributed by atoms with van der Waals surface area (Å²) in [5.74, 6) is -3.42. The number of ether oxygens (including phenoxy) is 1. The summed E-state index contributed by atoms with van der Waals surface area (Å²) >= 11 is 0. The van der Waals surface area contributed by atoms with Crippen LogP contribution in [0.2, 0.25) is 0 Å². The van der Waals surface area contributed by atoms with Gasteiger partial charge in [-0.05, 0) is 5.56 Å². The zero-order chi connectivity index (χ0) is 22.7. The van der Waals surface area contributed by atoms with E-state index in [0.717, 1.165) is 12.1 Å². The second-order valence-corrected chi connectivity index (χ2v) is 9.02. The highest BCUT2D eigenvalue weighted by molar-refractivity contribution is 6.09. The molecule has 1 saturated heterocycles. The number of halogens is 1. The van der Waals surface area contributed by atoms with Crippen LogP contribution in [0, 0.1) is 11.8 Å². The predicted octanol–water partition coefficient (Wildman–Crippen LogP) is 2.83. The topological polar surface area (TPSA) is 82.1 Å². The Kier molecular flexibility index (Phi) is 4.65. The van der Waals surface area contributed by atoms with Crippen molar-refractivity contribution < 1.29 is 23.8 Å². The lowest BCUT2D eigenvalue weighted by atomic mass is 9.87. The summed E-state index contributed by atoms with van der Waals surface area (Å²) in [5.41, 5.74) is 2.99. The number of nitrogens with zero attached hydrogens (tertiary/aromatic N) is 2. The minimum absolute atomic E-state index is 0.0194. The summed E-state index contributed by atoms with van der Waals surface area (Å²) in [5, 5.41) is 13.0. The fourth-order valence-corrected chi connectivity index (χ4v) is 5.56. The Balaban J connectivity index is 1.34. The van der Waals surface area contributed by atoms with Crippen LogP contribution in [0.3, 0.4) is 0 Å². The maximum atomic E-state index is 16.0. The highest BCUT2D eigenvalue weighted by atomic mass is 19.1. The minimum Gasteiger partial charge on any atom is -0.481 e. The number of carbonyl (C=O) groups excluding carboxylic acids is 1. The lowest BCUT2D eigenvalue weighted by Crippen LogP contribution is -2.47. The van der Waals surface area contributed by atoms with E-state index in [1.807, 2.05) is 29.2 Å². The summed E-state index contributed by atoms with van der Waals surface area (Å²) in [6.07, 6.45) is 4.65. The average molecular weight is 449 g/mol. The van der Waals surface area contributed by atoms with Crippen molar-refractivity contribution in [1.82, 2.24) is 15.1 Å². The van der Waals surface area contributed by atoms with Crippen molar-refractivity contribution in [2.24, 2.45) is 11.8 Å². The number of fused-ring (bicyclic) bond motifs is 1. The molecule has 0 amide bonds. The number of rotatable bonds is 3.